The van der Waals surface area contributed by atoms with Crippen molar-refractivity contribution in [2.75, 3.05) is 7.05 Å². The predicted octanol–water partition coefficient (Wildman–Crippen LogP) is 0.441. The molecule has 0 spiro atoms. The van der Waals surface area contributed by atoms with Gasteiger partial charge in [0, 0.05) is 13.5 Å². The number of aryl methyl sites for hydroxylation is 1. The third-order valence-electron chi connectivity index (χ3n) is 6.78. The summed E-state index contributed by atoms with van der Waals surface area (Å²) in [4.78, 5) is 78.3. The van der Waals surface area contributed by atoms with Gasteiger partial charge in [-0.1, -0.05) is 58.0 Å². The van der Waals surface area contributed by atoms with E-state index >= 15 is 0 Å². The number of nitrogens with zero attached hydrogens (tertiary/aromatic N) is 3. The second kappa shape index (κ2) is 14.8. The molecule has 1 heterocycles. The number of nitrogens with two attached hydrogens (primary N) is 2. The fraction of sp³-hybridized carbons (Fsp3) is 0.571. The van der Waals surface area contributed by atoms with Crippen LogP contribution in [0.25, 0.3) is 0 Å². The maximum absolute atomic E-state index is 13.5. The molecule has 1 aromatic rings. The van der Waals surface area contributed by atoms with Gasteiger partial charge in [0.05, 0.1) is 12.2 Å². The van der Waals surface area contributed by atoms with E-state index in [0.29, 0.717) is 11.4 Å². The minimum atomic E-state index is -1.83. The molecular formula is C28H42N6O8. The quantitative estimate of drug-likeness (QED) is 0.150. The first-order chi connectivity index (χ1) is 19.6. The number of nitrogens with one attached hydrogen (secondary N) is 1. The number of epoxide rings is 1. The van der Waals surface area contributed by atoms with Crippen LogP contribution in [0.4, 0.5) is 4.79 Å². The van der Waals surface area contributed by atoms with Crippen molar-refractivity contribution in [3.63, 3.8) is 0 Å². The largest absolute Gasteiger partial charge is 0.463 e. The van der Waals surface area contributed by atoms with Gasteiger partial charge in [-0.3, -0.25) is 28.9 Å². The van der Waals surface area contributed by atoms with Gasteiger partial charge in [-0.25, -0.2) is 9.80 Å². The highest BCUT2D eigenvalue weighted by atomic mass is 16.6. The Hall–Kier alpha value is -3.88. The Kier molecular flexibility index (Phi) is 12.1. The average Bonchev–Trinajstić information content (AvgIpc) is 3.72. The number of likely N-dealkylation sites (N-methyl/N-ethyl adjacent to an activating group) is 1. The highest BCUT2D eigenvalue weighted by molar-refractivity contribution is 6.04. The molecule has 14 nitrogen and oxygen atoms in total. The van der Waals surface area contributed by atoms with Crippen molar-refractivity contribution in [1.29, 1.82) is 0 Å². The van der Waals surface area contributed by atoms with Crippen LogP contribution in [0.3, 0.4) is 0 Å². The maximum Gasteiger partial charge on any atom is 0.433 e. The van der Waals surface area contributed by atoms with Crippen LogP contribution in [-0.2, 0) is 35.1 Å². The molecule has 0 saturated carbocycles. The molecule has 1 unspecified atom stereocenters. The number of hydrogen-bond acceptors (Lipinski definition) is 9. The number of carbonyl (C=O) groups excluding carboxylic acids is 5. The van der Waals surface area contributed by atoms with Crippen molar-refractivity contribution < 1.29 is 38.6 Å². The monoisotopic (exact) mass is 590 g/mol. The Bertz CT molecular complexity index is 1160. The van der Waals surface area contributed by atoms with E-state index < -0.39 is 66.1 Å². The van der Waals surface area contributed by atoms with Crippen molar-refractivity contribution in [3.8, 4) is 0 Å². The first-order valence-electron chi connectivity index (χ1n) is 13.8. The van der Waals surface area contributed by atoms with Gasteiger partial charge in [0.2, 0.25) is 11.8 Å². The summed E-state index contributed by atoms with van der Waals surface area (Å²) >= 11 is 0. The minimum absolute atomic E-state index is 0.0876. The number of carboxylic acid groups (broad SMARTS) is 1. The summed E-state index contributed by atoms with van der Waals surface area (Å²) in [5.74, 6) is -4.64. The summed E-state index contributed by atoms with van der Waals surface area (Å²) < 4.78 is 5.13. The maximum atomic E-state index is 13.5. The van der Waals surface area contributed by atoms with Crippen molar-refractivity contribution in [2.45, 2.75) is 84.3 Å². The molecule has 1 aliphatic heterocycles. The fourth-order valence-corrected chi connectivity index (χ4v) is 4.29. The van der Waals surface area contributed by atoms with Gasteiger partial charge < -0.3 is 26.6 Å². The van der Waals surface area contributed by atoms with Crippen LogP contribution in [0, 0.1) is 11.8 Å². The Balaban J connectivity index is 2.21. The standard InChI is InChI=1S/C28H42N6O8/c1-15(2)14-19(29)31-24(36)22-23(42-22)27(39)34(28(40)41)32(6)25(37)17(5)33(26(38)21(30)16(3)4)20(35)13-12-18-10-8-7-9-11-18/h7-11,15-17,19,21-23H,12-14,29-30H2,1-6H3,(H,31,36)(H,40,41)/t17-,19?,21-,22-,23-/m0/s1. The molecule has 0 bridgehead atoms. The molecule has 14 heteroatoms. The van der Waals surface area contributed by atoms with Gasteiger partial charge in [0.25, 0.3) is 17.7 Å². The van der Waals surface area contributed by atoms with Crippen LogP contribution >= 0.6 is 0 Å². The van der Waals surface area contributed by atoms with E-state index in [1.165, 1.54) is 6.92 Å². The first-order valence-corrected chi connectivity index (χ1v) is 13.8. The Labute approximate surface area is 245 Å². The molecule has 6 amide bonds. The van der Waals surface area contributed by atoms with Crippen LogP contribution in [0.5, 0.6) is 0 Å². The Morgan fingerprint density at radius 2 is 1.55 bits per heavy atom. The minimum Gasteiger partial charge on any atom is -0.463 e. The fourth-order valence-electron chi connectivity index (χ4n) is 4.29. The van der Waals surface area contributed by atoms with Crippen molar-refractivity contribution in [3.05, 3.63) is 35.9 Å². The molecule has 0 aromatic heterocycles. The molecule has 1 aromatic carbocycles. The van der Waals surface area contributed by atoms with E-state index in [-0.39, 0.29) is 29.7 Å². The van der Waals surface area contributed by atoms with E-state index in [0.717, 1.165) is 17.5 Å². The summed E-state index contributed by atoms with van der Waals surface area (Å²) in [6.45, 7) is 8.42. The van der Waals surface area contributed by atoms with Crippen molar-refractivity contribution in [2.24, 2.45) is 23.3 Å². The van der Waals surface area contributed by atoms with Crippen molar-refractivity contribution >= 4 is 35.6 Å². The summed E-state index contributed by atoms with van der Waals surface area (Å²) in [5, 5.41) is 12.8. The number of benzene rings is 1. The zero-order chi connectivity index (χ0) is 31.9. The zero-order valence-corrected chi connectivity index (χ0v) is 24.9. The summed E-state index contributed by atoms with van der Waals surface area (Å²) in [6.07, 6.45) is -4.68. The molecule has 1 fully saturated rings. The third kappa shape index (κ3) is 8.81. The van der Waals surface area contributed by atoms with Gasteiger partial charge in [0.15, 0.2) is 12.2 Å². The van der Waals surface area contributed by atoms with Gasteiger partial charge in [-0.15, -0.1) is 5.01 Å². The molecule has 5 atom stereocenters. The van der Waals surface area contributed by atoms with Crippen LogP contribution in [0.1, 0.15) is 53.0 Å². The van der Waals surface area contributed by atoms with E-state index in [4.69, 9.17) is 16.2 Å². The molecule has 2 rings (SSSR count). The van der Waals surface area contributed by atoms with E-state index in [1.54, 1.807) is 26.0 Å². The van der Waals surface area contributed by atoms with Crippen LogP contribution in [-0.4, -0.2) is 93.2 Å². The molecule has 1 aliphatic rings. The summed E-state index contributed by atoms with van der Waals surface area (Å²) in [6, 6.07) is 6.40. The summed E-state index contributed by atoms with van der Waals surface area (Å²) in [5.41, 5.74) is 12.7. The highest BCUT2D eigenvalue weighted by Crippen LogP contribution is 2.26. The van der Waals surface area contributed by atoms with E-state index in [1.807, 2.05) is 32.0 Å². The first kappa shape index (κ1) is 34.3. The Morgan fingerprint density at radius 1 is 0.952 bits per heavy atom. The van der Waals surface area contributed by atoms with Gasteiger partial charge in [-0.2, -0.15) is 0 Å². The normalized spacial score (nSPS) is 18.0. The van der Waals surface area contributed by atoms with Crippen LogP contribution < -0.4 is 16.8 Å². The lowest BCUT2D eigenvalue weighted by atomic mass is 10.0. The lowest BCUT2D eigenvalue weighted by molar-refractivity contribution is -0.165. The molecule has 0 radical (unpaired) electrons. The second-order valence-corrected chi connectivity index (χ2v) is 11.0. The third-order valence-corrected chi connectivity index (χ3v) is 6.78. The highest BCUT2D eigenvalue weighted by Gasteiger charge is 2.54. The number of imide groups is 2. The number of hydrogen-bond donors (Lipinski definition) is 4. The molecule has 232 valence electrons. The smallest absolute Gasteiger partial charge is 0.433 e. The molecule has 0 aliphatic carbocycles. The SMILES string of the molecule is CC(C)CC(N)NC(=O)[C@H]1O[C@@H]1C(=O)N(C(=O)O)N(C)C(=O)[C@H](C)N(C(=O)CCc1ccccc1)C(=O)[C@@H](N)C(C)C. The number of hydrazine groups is 1. The average molecular weight is 591 g/mol. The second-order valence-electron chi connectivity index (χ2n) is 11.0. The lowest BCUT2D eigenvalue weighted by Gasteiger charge is -2.34. The number of ether oxygens (including phenoxy) is 1. The molecule has 6 N–H and O–H groups in total. The van der Waals surface area contributed by atoms with Crippen LogP contribution in [0.2, 0.25) is 0 Å². The zero-order valence-electron chi connectivity index (χ0n) is 24.9. The van der Waals surface area contributed by atoms with E-state index in [9.17, 15) is 33.9 Å². The number of rotatable bonds is 12. The summed E-state index contributed by atoms with van der Waals surface area (Å²) in [7, 11) is 1.00. The number of amides is 6. The lowest BCUT2D eigenvalue weighted by Crippen LogP contribution is -2.60. The number of carbonyl (C=O) groups is 6. The topological polar surface area (TPSA) is 209 Å². The van der Waals surface area contributed by atoms with Crippen LogP contribution in [0.15, 0.2) is 30.3 Å². The van der Waals surface area contributed by atoms with Gasteiger partial charge in [0.1, 0.15) is 6.04 Å². The van der Waals surface area contributed by atoms with E-state index in [2.05, 4.69) is 5.32 Å². The molecule has 1 saturated heterocycles. The molecule has 42 heavy (non-hydrogen) atoms. The van der Waals surface area contributed by atoms with Crippen molar-refractivity contribution in [1.82, 2.24) is 20.2 Å². The predicted molar refractivity (Wildman–Crippen MR) is 151 cm³/mol. The van der Waals surface area contributed by atoms with Gasteiger partial charge >= 0.3 is 6.09 Å². The van der Waals surface area contributed by atoms with Gasteiger partial charge in [-0.05, 0) is 37.2 Å². The Morgan fingerprint density at radius 3 is 2.07 bits per heavy atom. The molecular weight excluding hydrogens is 548 g/mol.